The number of nitrogens with one attached hydrogen (secondary N) is 1. The molecule has 1 aromatic rings. The second kappa shape index (κ2) is 10.4. The zero-order valence-electron chi connectivity index (χ0n) is 18.2. The molecule has 0 atom stereocenters. The lowest BCUT2D eigenvalue weighted by molar-refractivity contribution is -0.137. The summed E-state index contributed by atoms with van der Waals surface area (Å²) in [6.07, 6.45) is 9.63. The largest absolute Gasteiger partial charge is 0.356 e. The van der Waals surface area contributed by atoms with E-state index in [0.717, 1.165) is 77.7 Å². The fourth-order valence-corrected chi connectivity index (χ4v) is 5.53. The van der Waals surface area contributed by atoms with E-state index in [2.05, 4.69) is 27.2 Å². The summed E-state index contributed by atoms with van der Waals surface area (Å²) in [5.41, 5.74) is 1.27. The Morgan fingerprint density at radius 2 is 1.50 bits per heavy atom. The number of rotatable bonds is 6. The lowest BCUT2D eigenvalue weighted by atomic mass is 9.92. The molecule has 0 unspecified atom stereocenters. The third-order valence-electron chi connectivity index (χ3n) is 7.45. The third kappa shape index (κ3) is 5.42. The minimum Gasteiger partial charge on any atom is -0.356 e. The topological polar surface area (TPSA) is 52.7 Å². The van der Waals surface area contributed by atoms with Crippen LogP contribution in [0.2, 0.25) is 0 Å². The summed E-state index contributed by atoms with van der Waals surface area (Å²) < 4.78 is 0. The maximum atomic E-state index is 12.6. The number of carbonyl (C=O) groups is 2. The van der Waals surface area contributed by atoms with Gasteiger partial charge in [-0.2, -0.15) is 0 Å². The van der Waals surface area contributed by atoms with Crippen LogP contribution in [0.5, 0.6) is 0 Å². The molecule has 1 aromatic carbocycles. The van der Waals surface area contributed by atoms with Crippen molar-refractivity contribution in [1.82, 2.24) is 15.1 Å². The van der Waals surface area contributed by atoms with Crippen molar-refractivity contribution in [2.45, 2.75) is 63.8 Å². The maximum Gasteiger partial charge on any atom is 0.225 e. The number of nitrogens with zero attached hydrogens (tertiary/aromatic N) is 2. The van der Waals surface area contributed by atoms with Crippen LogP contribution in [0.25, 0.3) is 0 Å². The Kier molecular flexibility index (Phi) is 7.42. The zero-order chi connectivity index (χ0) is 20.8. The molecule has 5 heteroatoms. The molecule has 164 valence electrons. The highest BCUT2D eigenvalue weighted by Crippen LogP contribution is 2.29. The second-order valence-electron chi connectivity index (χ2n) is 9.37. The molecule has 30 heavy (non-hydrogen) atoms. The first-order valence-electron chi connectivity index (χ1n) is 12.0. The fraction of sp³-hybridized carbons (Fsp3) is 0.680. The molecule has 0 spiro atoms. The molecule has 3 aliphatic rings. The van der Waals surface area contributed by atoms with Crippen LogP contribution in [-0.4, -0.2) is 60.4 Å². The van der Waals surface area contributed by atoms with Crippen molar-refractivity contribution in [1.29, 1.82) is 0 Å². The highest BCUT2D eigenvalue weighted by molar-refractivity contribution is 5.79. The minimum atomic E-state index is 0.154. The van der Waals surface area contributed by atoms with Crippen LogP contribution in [0.1, 0.15) is 56.9 Å². The number of benzene rings is 1. The van der Waals surface area contributed by atoms with Crippen molar-refractivity contribution in [3.05, 3.63) is 35.9 Å². The minimum absolute atomic E-state index is 0.154. The first-order valence-corrected chi connectivity index (χ1v) is 12.0. The van der Waals surface area contributed by atoms with Gasteiger partial charge < -0.3 is 15.1 Å². The standard InChI is InChI=1S/C25H37N3O2/c29-24(26-15-10-20-6-2-1-3-7-20)21-11-16-27(17-12-21)23-13-18-28(19-14-23)25(30)22-8-4-5-9-22/h1-3,6-7,21-23H,4-5,8-19H2,(H,26,29). The Morgan fingerprint density at radius 1 is 0.833 bits per heavy atom. The normalized spacial score (nSPS) is 22.3. The van der Waals surface area contributed by atoms with Crippen LogP contribution >= 0.6 is 0 Å². The molecular weight excluding hydrogens is 374 g/mol. The van der Waals surface area contributed by atoms with Gasteiger partial charge in [-0.3, -0.25) is 9.59 Å². The lowest BCUT2D eigenvalue weighted by Gasteiger charge is -2.42. The summed E-state index contributed by atoms with van der Waals surface area (Å²) in [6, 6.07) is 10.9. The summed E-state index contributed by atoms with van der Waals surface area (Å²) in [4.78, 5) is 29.9. The molecule has 2 saturated heterocycles. The number of carbonyl (C=O) groups excluding carboxylic acids is 2. The molecule has 0 radical (unpaired) electrons. The van der Waals surface area contributed by atoms with Gasteiger partial charge in [0.05, 0.1) is 0 Å². The van der Waals surface area contributed by atoms with Crippen molar-refractivity contribution in [2.75, 3.05) is 32.7 Å². The van der Waals surface area contributed by atoms with E-state index in [1.54, 1.807) is 0 Å². The molecule has 1 N–H and O–H groups in total. The van der Waals surface area contributed by atoms with E-state index in [-0.39, 0.29) is 11.8 Å². The number of amides is 2. The molecule has 0 aromatic heterocycles. The number of likely N-dealkylation sites (tertiary alicyclic amines) is 2. The highest BCUT2D eigenvalue weighted by Gasteiger charge is 2.33. The van der Waals surface area contributed by atoms with Crippen molar-refractivity contribution < 1.29 is 9.59 Å². The monoisotopic (exact) mass is 411 g/mol. The van der Waals surface area contributed by atoms with E-state index < -0.39 is 0 Å². The molecule has 2 heterocycles. The van der Waals surface area contributed by atoms with E-state index >= 15 is 0 Å². The van der Waals surface area contributed by atoms with Crippen LogP contribution in [0.15, 0.2) is 30.3 Å². The number of hydrogen-bond acceptors (Lipinski definition) is 3. The van der Waals surface area contributed by atoms with Gasteiger partial charge in [0.2, 0.25) is 11.8 Å². The Labute approximate surface area is 181 Å². The van der Waals surface area contributed by atoms with E-state index in [9.17, 15) is 9.59 Å². The van der Waals surface area contributed by atoms with Crippen molar-refractivity contribution in [3.63, 3.8) is 0 Å². The van der Waals surface area contributed by atoms with Gasteiger partial charge >= 0.3 is 0 Å². The van der Waals surface area contributed by atoms with Crippen LogP contribution in [0, 0.1) is 11.8 Å². The Bertz CT molecular complexity index is 686. The second-order valence-corrected chi connectivity index (χ2v) is 9.37. The predicted molar refractivity (Wildman–Crippen MR) is 119 cm³/mol. The number of hydrogen-bond donors (Lipinski definition) is 1. The average Bonchev–Trinajstić information content (AvgIpc) is 3.34. The molecule has 4 rings (SSSR count). The first-order chi connectivity index (χ1) is 14.7. The van der Waals surface area contributed by atoms with E-state index in [1.165, 1.54) is 18.4 Å². The summed E-state index contributed by atoms with van der Waals surface area (Å²) in [6.45, 7) is 4.58. The van der Waals surface area contributed by atoms with Crippen molar-refractivity contribution in [2.24, 2.45) is 11.8 Å². The van der Waals surface area contributed by atoms with Gasteiger partial charge in [0.15, 0.2) is 0 Å². The van der Waals surface area contributed by atoms with Gasteiger partial charge in [0, 0.05) is 37.5 Å². The van der Waals surface area contributed by atoms with Gasteiger partial charge in [-0.1, -0.05) is 43.2 Å². The van der Waals surface area contributed by atoms with Gasteiger partial charge in [-0.05, 0) is 63.6 Å². The lowest BCUT2D eigenvalue weighted by Crippen LogP contribution is -2.50. The zero-order valence-corrected chi connectivity index (χ0v) is 18.2. The molecule has 3 fully saturated rings. The van der Waals surface area contributed by atoms with Gasteiger partial charge in [-0.15, -0.1) is 0 Å². The maximum absolute atomic E-state index is 12.6. The predicted octanol–water partition coefficient (Wildman–Crippen LogP) is 3.24. The van der Waals surface area contributed by atoms with Gasteiger partial charge in [0.1, 0.15) is 0 Å². The molecule has 1 aliphatic carbocycles. The Hall–Kier alpha value is -1.88. The summed E-state index contributed by atoms with van der Waals surface area (Å²) in [5.74, 6) is 1.10. The van der Waals surface area contributed by atoms with Crippen LogP contribution < -0.4 is 5.32 Å². The summed E-state index contributed by atoms with van der Waals surface area (Å²) in [5, 5.41) is 3.14. The molecule has 2 amide bonds. The van der Waals surface area contributed by atoms with E-state index in [1.807, 2.05) is 18.2 Å². The van der Waals surface area contributed by atoms with Crippen LogP contribution in [0.4, 0.5) is 0 Å². The third-order valence-corrected chi connectivity index (χ3v) is 7.45. The van der Waals surface area contributed by atoms with Crippen molar-refractivity contribution >= 4 is 11.8 Å². The highest BCUT2D eigenvalue weighted by atomic mass is 16.2. The van der Waals surface area contributed by atoms with Gasteiger partial charge in [0.25, 0.3) is 0 Å². The SMILES string of the molecule is O=C(NCCc1ccccc1)C1CCN(C2CCN(C(=O)C3CCCC3)CC2)CC1. The molecular formula is C25H37N3O2. The quantitative estimate of drug-likeness (QED) is 0.782. The molecule has 0 bridgehead atoms. The Morgan fingerprint density at radius 3 is 2.17 bits per heavy atom. The molecule has 5 nitrogen and oxygen atoms in total. The molecule has 2 aliphatic heterocycles. The van der Waals surface area contributed by atoms with Gasteiger partial charge in [-0.25, -0.2) is 0 Å². The van der Waals surface area contributed by atoms with E-state index in [4.69, 9.17) is 0 Å². The smallest absolute Gasteiger partial charge is 0.225 e. The molecule has 1 saturated carbocycles. The average molecular weight is 412 g/mol. The van der Waals surface area contributed by atoms with Crippen molar-refractivity contribution in [3.8, 4) is 0 Å². The van der Waals surface area contributed by atoms with E-state index in [0.29, 0.717) is 17.9 Å². The Balaban J connectivity index is 1.14. The number of piperidine rings is 2. The van der Waals surface area contributed by atoms with Crippen LogP contribution in [0.3, 0.4) is 0 Å². The summed E-state index contributed by atoms with van der Waals surface area (Å²) >= 11 is 0. The van der Waals surface area contributed by atoms with Crippen LogP contribution in [-0.2, 0) is 16.0 Å². The first kappa shape index (κ1) is 21.4. The fourth-order valence-electron chi connectivity index (χ4n) is 5.53. The summed E-state index contributed by atoms with van der Waals surface area (Å²) in [7, 11) is 0.